The third-order valence-corrected chi connectivity index (χ3v) is 7.31. The third kappa shape index (κ3) is 4.82. The molecule has 1 aromatic heterocycles. The summed E-state index contributed by atoms with van der Waals surface area (Å²) in [7, 11) is 1.58. The summed E-state index contributed by atoms with van der Waals surface area (Å²) < 4.78 is 5.34. The summed E-state index contributed by atoms with van der Waals surface area (Å²) in [6.07, 6.45) is 2.22. The van der Waals surface area contributed by atoms with Gasteiger partial charge in [-0.1, -0.05) is 29.3 Å². The molecule has 198 valence electrons. The van der Waals surface area contributed by atoms with E-state index in [1.54, 1.807) is 19.2 Å². The fraction of sp³-hybridized carbons (Fsp3) is 0.143. The number of methoxy groups -OCH3 is 1. The Bertz CT molecular complexity index is 1660. The first-order valence-corrected chi connectivity index (χ1v) is 12.6. The van der Waals surface area contributed by atoms with Crippen molar-refractivity contribution in [2.45, 2.75) is 12.5 Å². The fourth-order valence-corrected chi connectivity index (χ4v) is 5.30. The zero-order valence-corrected chi connectivity index (χ0v) is 22.0. The number of nitro benzene ring substituents is 1. The minimum Gasteiger partial charge on any atom is -0.507 e. The highest BCUT2D eigenvalue weighted by molar-refractivity contribution is 6.47. The molecule has 0 aliphatic carbocycles. The van der Waals surface area contributed by atoms with Gasteiger partial charge in [-0.05, 0) is 60.0 Å². The number of rotatable bonds is 7. The Morgan fingerprint density at radius 2 is 1.85 bits per heavy atom. The number of fused-ring (bicyclic) bond motifs is 1. The number of carbonyl (C=O) groups excluding carboxylic acids is 2. The number of Topliss-reactive ketones (excluding diaryl/α,β-unsaturated/α-hetero) is 1. The molecule has 5 rings (SSSR count). The van der Waals surface area contributed by atoms with E-state index in [0.29, 0.717) is 22.8 Å². The first kappa shape index (κ1) is 26.3. The van der Waals surface area contributed by atoms with Gasteiger partial charge in [0, 0.05) is 51.4 Å². The highest BCUT2D eigenvalue weighted by Crippen LogP contribution is 2.42. The van der Waals surface area contributed by atoms with Crippen molar-refractivity contribution < 1.29 is 24.4 Å². The number of nitro groups is 1. The first-order chi connectivity index (χ1) is 18.7. The summed E-state index contributed by atoms with van der Waals surface area (Å²) in [6, 6.07) is 14.3. The number of ketones is 1. The maximum atomic E-state index is 13.3. The van der Waals surface area contributed by atoms with Crippen molar-refractivity contribution in [3.05, 3.63) is 109 Å². The Morgan fingerprint density at radius 1 is 1.10 bits per heavy atom. The van der Waals surface area contributed by atoms with Gasteiger partial charge in [-0.3, -0.25) is 19.7 Å². The zero-order valence-electron chi connectivity index (χ0n) is 20.5. The molecular weight excluding hydrogens is 545 g/mol. The van der Waals surface area contributed by atoms with E-state index in [1.807, 2.05) is 24.4 Å². The topological polar surface area (TPSA) is 126 Å². The molecule has 39 heavy (non-hydrogen) atoms. The van der Waals surface area contributed by atoms with Crippen LogP contribution in [0, 0.1) is 10.1 Å². The number of aromatic nitrogens is 1. The molecule has 4 aromatic rings. The molecule has 2 heterocycles. The van der Waals surface area contributed by atoms with Crippen LogP contribution in [0.1, 0.15) is 22.7 Å². The summed E-state index contributed by atoms with van der Waals surface area (Å²) >= 11 is 12.6. The normalized spacial score (nSPS) is 16.7. The summed E-state index contributed by atoms with van der Waals surface area (Å²) in [6.45, 7) is 0.134. The minimum absolute atomic E-state index is 0.134. The van der Waals surface area contributed by atoms with Crippen molar-refractivity contribution >= 4 is 57.2 Å². The van der Waals surface area contributed by atoms with Gasteiger partial charge in [-0.25, -0.2) is 0 Å². The number of nitrogens with zero attached hydrogens (tertiary/aromatic N) is 2. The molecule has 0 bridgehead atoms. The maximum Gasteiger partial charge on any atom is 0.295 e. The van der Waals surface area contributed by atoms with E-state index in [0.717, 1.165) is 16.5 Å². The van der Waals surface area contributed by atoms with Crippen molar-refractivity contribution in [2.75, 3.05) is 13.7 Å². The van der Waals surface area contributed by atoms with Crippen LogP contribution >= 0.6 is 23.2 Å². The Morgan fingerprint density at radius 3 is 2.51 bits per heavy atom. The van der Waals surface area contributed by atoms with E-state index in [4.69, 9.17) is 27.9 Å². The highest BCUT2D eigenvalue weighted by atomic mass is 35.5. The van der Waals surface area contributed by atoms with Crippen LogP contribution in [-0.4, -0.2) is 45.3 Å². The predicted molar refractivity (Wildman–Crippen MR) is 147 cm³/mol. The predicted octanol–water partition coefficient (Wildman–Crippen LogP) is 6.06. The molecule has 0 radical (unpaired) electrons. The number of aliphatic hydroxyl groups excluding tert-OH is 1. The lowest BCUT2D eigenvalue weighted by atomic mass is 9.95. The summed E-state index contributed by atoms with van der Waals surface area (Å²) in [5.74, 6) is -1.47. The first-order valence-electron chi connectivity index (χ1n) is 11.8. The van der Waals surface area contributed by atoms with Crippen LogP contribution in [0.15, 0.2) is 72.4 Å². The van der Waals surface area contributed by atoms with Crippen molar-refractivity contribution in [2.24, 2.45) is 0 Å². The van der Waals surface area contributed by atoms with E-state index in [9.17, 15) is 24.8 Å². The summed E-state index contributed by atoms with van der Waals surface area (Å²) in [5.41, 5.74) is 2.01. The number of H-pyrrole nitrogens is 1. The van der Waals surface area contributed by atoms with Gasteiger partial charge in [-0.15, -0.1) is 0 Å². The number of benzene rings is 3. The van der Waals surface area contributed by atoms with Crippen LogP contribution < -0.4 is 4.74 Å². The van der Waals surface area contributed by atoms with Crippen LogP contribution in [0.5, 0.6) is 5.75 Å². The van der Waals surface area contributed by atoms with Crippen LogP contribution in [0.25, 0.3) is 16.7 Å². The van der Waals surface area contributed by atoms with Gasteiger partial charge in [0.1, 0.15) is 11.5 Å². The fourth-order valence-electron chi connectivity index (χ4n) is 4.79. The van der Waals surface area contributed by atoms with E-state index in [1.165, 1.54) is 35.2 Å². The van der Waals surface area contributed by atoms with Crippen molar-refractivity contribution in [1.82, 2.24) is 9.88 Å². The average Bonchev–Trinajstić information content (AvgIpc) is 3.44. The number of aliphatic hydroxyl groups is 1. The Labute approximate surface area is 232 Å². The van der Waals surface area contributed by atoms with Crippen LogP contribution in [0.3, 0.4) is 0 Å². The van der Waals surface area contributed by atoms with Gasteiger partial charge >= 0.3 is 0 Å². The van der Waals surface area contributed by atoms with Crippen molar-refractivity contribution in [3.8, 4) is 5.75 Å². The van der Waals surface area contributed by atoms with Gasteiger partial charge < -0.3 is 19.7 Å². The molecule has 9 nitrogen and oxygen atoms in total. The zero-order chi connectivity index (χ0) is 27.8. The number of carbonyl (C=O) groups is 2. The molecular formula is C28H21Cl2N3O6. The molecule has 3 aromatic carbocycles. The number of nitrogens with one attached hydrogen (secondary N) is 1. The van der Waals surface area contributed by atoms with Crippen LogP contribution in [0.4, 0.5) is 5.69 Å². The Kier molecular flexibility index (Phi) is 7.03. The molecule has 11 heteroatoms. The van der Waals surface area contributed by atoms with E-state index < -0.39 is 28.4 Å². The SMILES string of the molecule is COc1ccc2[nH]cc(CCN3C(=O)C(=O)C(=C(O)c4ccc([N+](=O)[O-])cc4)[C@H]3c3ccc(Cl)cc3Cl)c2c1. The second-order valence-corrected chi connectivity index (χ2v) is 9.78. The molecule has 1 amide bonds. The molecule has 0 saturated carbocycles. The number of amides is 1. The summed E-state index contributed by atoms with van der Waals surface area (Å²) in [5, 5.41) is 23.8. The standard InChI is InChI=1S/C28H21Cl2N3O6/c1-39-19-7-9-23-21(13-19)16(14-31-23)10-11-32-25(20-8-4-17(29)12-22(20)30)24(27(35)28(32)36)26(34)15-2-5-18(6-3-15)33(37)38/h2-9,12-14,25,31,34H,10-11H2,1H3/t25-/m1/s1. The molecule has 0 unspecified atom stereocenters. The summed E-state index contributed by atoms with van der Waals surface area (Å²) in [4.78, 5) is 41.7. The molecule has 1 saturated heterocycles. The average molecular weight is 566 g/mol. The quantitative estimate of drug-likeness (QED) is 0.0922. The number of ether oxygens (including phenoxy) is 1. The van der Waals surface area contributed by atoms with Gasteiger partial charge in [-0.2, -0.15) is 0 Å². The van der Waals surface area contributed by atoms with E-state index in [2.05, 4.69) is 4.98 Å². The number of aromatic amines is 1. The van der Waals surface area contributed by atoms with Crippen LogP contribution in [0.2, 0.25) is 10.0 Å². The number of likely N-dealkylation sites (tertiary alicyclic amines) is 1. The lowest BCUT2D eigenvalue weighted by molar-refractivity contribution is -0.384. The van der Waals surface area contributed by atoms with Gasteiger partial charge in [0.25, 0.3) is 17.4 Å². The maximum absolute atomic E-state index is 13.3. The molecule has 1 atom stereocenters. The monoisotopic (exact) mass is 565 g/mol. The number of non-ortho nitro benzene ring substituents is 1. The smallest absolute Gasteiger partial charge is 0.295 e. The highest BCUT2D eigenvalue weighted by Gasteiger charge is 2.46. The lowest BCUT2D eigenvalue weighted by Gasteiger charge is -2.26. The second-order valence-electron chi connectivity index (χ2n) is 8.94. The van der Waals surface area contributed by atoms with Gasteiger partial charge in [0.2, 0.25) is 0 Å². The second kappa shape index (κ2) is 10.4. The van der Waals surface area contributed by atoms with E-state index >= 15 is 0 Å². The number of halogens is 2. The lowest BCUT2D eigenvalue weighted by Crippen LogP contribution is -2.31. The van der Waals surface area contributed by atoms with Gasteiger partial charge in [0.15, 0.2) is 0 Å². The molecule has 0 spiro atoms. The van der Waals surface area contributed by atoms with Crippen molar-refractivity contribution in [3.63, 3.8) is 0 Å². The molecule has 2 N–H and O–H groups in total. The van der Waals surface area contributed by atoms with Crippen molar-refractivity contribution in [1.29, 1.82) is 0 Å². The number of hydrogen-bond donors (Lipinski definition) is 2. The molecule has 1 aliphatic rings. The largest absolute Gasteiger partial charge is 0.507 e. The van der Waals surface area contributed by atoms with E-state index in [-0.39, 0.29) is 28.4 Å². The molecule has 1 aliphatic heterocycles. The molecule has 1 fully saturated rings. The van der Waals surface area contributed by atoms with Crippen LogP contribution in [-0.2, 0) is 16.0 Å². The Hall–Kier alpha value is -4.34. The Balaban J connectivity index is 1.57. The van der Waals surface area contributed by atoms with Gasteiger partial charge in [0.05, 0.1) is 23.6 Å². The third-order valence-electron chi connectivity index (χ3n) is 6.75. The number of hydrogen-bond acceptors (Lipinski definition) is 6. The minimum atomic E-state index is -1.01.